The van der Waals surface area contributed by atoms with Gasteiger partial charge in [0.15, 0.2) is 0 Å². The summed E-state index contributed by atoms with van der Waals surface area (Å²) in [6.45, 7) is 6.22. The Morgan fingerprint density at radius 1 is 0.865 bits per heavy atom. The molecule has 2 atom stereocenters. The number of nitrogens with one attached hydrogen (secondary N) is 1. The molecule has 6 nitrogen and oxygen atoms in total. The molecule has 3 aromatic carbocycles. The van der Waals surface area contributed by atoms with Crippen LogP contribution in [0.5, 0.6) is 0 Å². The van der Waals surface area contributed by atoms with Gasteiger partial charge in [-0.25, -0.2) is 0 Å². The highest BCUT2D eigenvalue weighted by Gasteiger charge is 2.50. The first-order valence-electron chi connectivity index (χ1n) is 12.7. The highest BCUT2D eigenvalue weighted by Crippen LogP contribution is 2.41. The SMILES string of the molecule is CC(C)(C)[C@@H](C(=O)N1CCc2c([nH]c3ccccc23)[C@H]1c1ccccc1)N1C(=O)c2ccccc2C1=O. The molecule has 0 aliphatic carbocycles. The number of H-pyrrole nitrogens is 1. The number of para-hydroxylation sites is 1. The van der Waals surface area contributed by atoms with E-state index < -0.39 is 23.3 Å². The van der Waals surface area contributed by atoms with Crippen molar-refractivity contribution in [2.75, 3.05) is 6.54 Å². The fourth-order valence-corrected chi connectivity index (χ4v) is 5.93. The minimum Gasteiger partial charge on any atom is -0.356 e. The zero-order valence-electron chi connectivity index (χ0n) is 21.2. The molecule has 0 bridgehead atoms. The van der Waals surface area contributed by atoms with Gasteiger partial charge in [0.2, 0.25) is 5.91 Å². The minimum absolute atomic E-state index is 0.222. The van der Waals surface area contributed by atoms with Crippen LogP contribution in [0.25, 0.3) is 10.9 Å². The molecule has 0 unspecified atom stereocenters. The molecule has 186 valence electrons. The third-order valence-electron chi connectivity index (χ3n) is 7.57. The molecule has 4 aromatic rings. The van der Waals surface area contributed by atoms with E-state index in [0.717, 1.165) is 16.8 Å². The molecular weight excluding hydrogens is 462 g/mol. The Morgan fingerprint density at radius 3 is 2.11 bits per heavy atom. The highest BCUT2D eigenvalue weighted by atomic mass is 16.2. The van der Waals surface area contributed by atoms with Gasteiger partial charge in [0.1, 0.15) is 6.04 Å². The van der Waals surface area contributed by atoms with Crippen molar-refractivity contribution in [1.29, 1.82) is 0 Å². The van der Waals surface area contributed by atoms with Gasteiger partial charge in [0.05, 0.1) is 17.2 Å². The Labute approximate surface area is 215 Å². The van der Waals surface area contributed by atoms with E-state index in [9.17, 15) is 14.4 Å². The molecule has 37 heavy (non-hydrogen) atoms. The summed E-state index contributed by atoms with van der Waals surface area (Å²) >= 11 is 0. The summed E-state index contributed by atoms with van der Waals surface area (Å²) in [4.78, 5) is 48.1. The van der Waals surface area contributed by atoms with Gasteiger partial charge in [-0.05, 0) is 41.2 Å². The number of nitrogens with zero attached hydrogens (tertiary/aromatic N) is 2. The summed E-state index contributed by atoms with van der Waals surface area (Å²) in [7, 11) is 0. The van der Waals surface area contributed by atoms with Crippen molar-refractivity contribution in [2.24, 2.45) is 5.41 Å². The number of carbonyl (C=O) groups is 3. The number of aromatic nitrogens is 1. The monoisotopic (exact) mass is 491 g/mol. The Kier molecular flexibility index (Phi) is 5.30. The Balaban J connectivity index is 1.47. The van der Waals surface area contributed by atoms with Crippen LogP contribution >= 0.6 is 0 Å². The fourth-order valence-electron chi connectivity index (χ4n) is 5.93. The number of fused-ring (bicyclic) bond motifs is 4. The first-order chi connectivity index (χ1) is 17.8. The quantitative estimate of drug-likeness (QED) is 0.393. The molecule has 3 heterocycles. The van der Waals surface area contributed by atoms with Crippen LogP contribution in [0.4, 0.5) is 0 Å². The van der Waals surface area contributed by atoms with Crippen molar-refractivity contribution in [3.63, 3.8) is 0 Å². The number of hydrogen-bond donors (Lipinski definition) is 1. The normalized spacial score (nSPS) is 18.2. The second kappa shape index (κ2) is 8.44. The first-order valence-corrected chi connectivity index (χ1v) is 12.7. The summed E-state index contributed by atoms with van der Waals surface area (Å²) in [6, 6.07) is 23.7. The predicted octanol–water partition coefficient (Wildman–Crippen LogP) is 5.35. The van der Waals surface area contributed by atoms with Gasteiger partial charge < -0.3 is 9.88 Å². The van der Waals surface area contributed by atoms with Crippen LogP contribution in [-0.2, 0) is 11.2 Å². The van der Waals surface area contributed by atoms with Crippen molar-refractivity contribution in [3.05, 3.63) is 107 Å². The van der Waals surface area contributed by atoms with Crippen LogP contribution in [0.1, 0.15) is 64.3 Å². The molecule has 0 fully saturated rings. The van der Waals surface area contributed by atoms with E-state index in [-0.39, 0.29) is 11.9 Å². The molecule has 0 radical (unpaired) electrons. The number of rotatable bonds is 3. The molecule has 6 heteroatoms. The number of hydrogen-bond acceptors (Lipinski definition) is 3. The maximum atomic E-state index is 14.5. The van der Waals surface area contributed by atoms with Crippen LogP contribution in [0, 0.1) is 5.41 Å². The maximum Gasteiger partial charge on any atom is 0.262 e. The second-order valence-corrected chi connectivity index (χ2v) is 11.0. The van der Waals surface area contributed by atoms with Crippen molar-refractivity contribution in [3.8, 4) is 0 Å². The van der Waals surface area contributed by atoms with Gasteiger partial charge in [-0.1, -0.05) is 81.4 Å². The van der Waals surface area contributed by atoms with E-state index in [2.05, 4.69) is 17.1 Å². The van der Waals surface area contributed by atoms with Crippen LogP contribution in [0.2, 0.25) is 0 Å². The smallest absolute Gasteiger partial charge is 0.262 e. The van der Waals surface area contributed by atoms with Gasteiger partial charge in [-0.15, -0.1) is 0 Å². The lowest BCUT2D eigenvalue weighted by atomic mass is 9.83. The number of carbonyl (C=O) groups excluding carboxylic acids is 3. The topological polar surface area (TPSA) is 73.5 Å². The molecule has 2 aliphatic rings. The summed E-state index contributed by atoms with van der Waals surface area (Å²) in [5, 5.41) is 1.17. The molecule has 0 spiro atoms. The summed E-state index contributed by atoms with van der Waals surface area (Å²) in [5.74, 6) is -1.04. The van der Waals surface area contributed by atoms with Gasteiger partial charge in [-0.3, -0.25) is 19.3 Å². The lowest BCUT2D eigenvalue weighted by Gasteiger charge is -2.43. The predicted molar refractivity (Wildman–Crippen MR) is 142 cm³/mol. The third kappa shape index (κ3) is 3.58. The van der Waals surface area contributed by atoms with Crippen LogP contribution in [-0.4, -0.2) is 45.1 Å². The van der Waals surface area contributed by atoms with Gasteiger partial charge in [-0.2, -0.15) is 0 Å². The van der Waals surface area contributed by atoms with Crippen LogP contribution < -0.4 is 0 Å². The number of benzene rings is 3. The molecule has 0 saturated carbocycles. The van der Waals surface area contributed by atoms with E-state index in [0.29, 0.717) is 24.1 Å². The molecule has 1 aromatic heterocycles. The molecule has 3 amide bonds. The van der Waals surface area contributed by atoms with Crippen molar-refractivity contribution >= 4 is 28.6 Å². The van der Waals surface area contributed by atoms with Gasteiger partial charge in [0.25, 0.3) is 11.8 Å². The van der Waals surface area contributed by atoms with E-state index >= 15 is 0 Å². The van der Waals surface area contributed by atoms with Crippen LogP contribution in [0.15, 0.2) is 78.9 Å². The van der Waals surface area contributed by atoms with E-state index in [4.69, 9.17) is 0 Å². The number of amides is 3. The summed E-state index contributed by atoms with van der Waals surface area (Å²) in [6.07, 6.45) is 0.688. The lowest BCUT2D eigenvalue weighted by Crippen LogP contribution is -2.58. The Morgan fingerprint density at radius 2 is 1.46 bits per heavy atom. The standard InChI is InChI=1S/C31H29N3O3/c1-31(2,3)27(34-28(35)22-14-7-8-15-23(22)29(34)36)30(37)33-18-17-21-20-13-9-10-16-24(20)32-25(21)26(33)19-11-5-4-6-12-19/h4-16,26-27,32H,17-18H2,1-3H3/t26-,27-/m1/s1. The second-order valence-electron chi connectivity index (χ2n) is 11.0. The fraction of sp³-hybridized carbons (Fsp3) is 0.258. The van der Waals surface area contributed by atoms with Gasteiger partial charge >= 0.3 is 0 Å². The maximum absolute atomic E-state index is 14.5. The average Bonchev–Trinajstić information content (AvgIpc) is 3.39. The lowest BCUT2D eigenvalue weighted by molar-refractivity contribution is -0.141. The average molecular weight is 492 g/mol. The van der Waals surface area contributed by atoms with Crippen molar-refractivity contribution in [1.82, 2.24) is 14.8 Å². The first kappa shape index (κ1) is 23.2. The van der Waals surface area contributed by atoms with Crippen molar-refractivity contribution in [2.45, 2.75) is 39.3 Å². The summed E-state index contributed by atoms with van der Waals surface area (Å²) in [5.41, 5.74) is 4.25. The minimum atomic E-state index is -0.947. The Bertz CT molecular complexity index is 1510. The highest BCUT2D eigenvalue weighted by molar-refractivity contribution is 6.23. The molecule has 6 rings (SSSR count). The van der Waals surface area contributed by atoms with E-state index in [1.165, 1.54) is 15.8 Å². The molecule has 1 N–H and O–H groups in total. The molecular formula is C31H29N3O3. The summed E-state index contributed by atoms with van der Waals surface area (Å²) < 4.78 is 0. The number of aromatic amines is 1. The molecule has 2 aliphatic heterocycles. The third-order valence-corrected chi connectivity index (χ3v) is 7.57. The number of imide groups is 1. The van der Waals surface area contributed by atoms with Gasteiger partial charge in [0, 0.05) is 23.1 Å². The van der Waals surface area contributed by atoms with Crippen LogP contribution in [0.3, 0.4) is 0 Å². The van der Waals surface area contributed by atoms with E-state index in [1.807, 2.05) is 68.1 Å². The van der Waals surface area contributed by atoms with Crippen molar-refractivity contribution < 1.29 is 14.4 Å². The molecule has 0 saturated heterocycles. The zero-order valence-corrected chi connectivity index (χ0v) is 21.2. The zero-order chi connectivity index (χ0) is 25.9. The largest absolute Gasteiger partial charge is 0.356 e. The Hall–Kier alpha value is -4.19. The van der Waals surface area contributed by atoms with E-state index in [1.54, 1.807) is 24.3 Å².